The zero-order valence-electron chi connectivity index (χ0n) is 18.1. The van der Waals surface area contributed by atoms with E-state index in [4.69, 9.17) is 9.15 Å². The number of carbonyl (C=O) groups is 4. The van der Waals surface area contributed by atoms with E-state index in [1.807, 2.05) is 6.07 Å². The molecule has 2 fully saturated rings. The number of nitrogens with one attached hydrogen (secondary N) is 1. The third-order valence-electron chi connectivity index (χ3n) is 6.78. The Morgan fingerprint density at radius 1 is 1.09 bits per heavy atom. The molecule has 5 rings (SSSR count). The second-order valence-corrected chi connectivity index (χ2v) is 8.68. The first-order valence-electron chi connectivity index (χ1n) is 11.3. The molecule has 1 aromatic carbocycles. The van der Waals surface area contributed by atoms with Crippen LogP contribution in [0.5, 0.6) is 0 Å². The number of hydrogen-bond acceptors (Lipinski definition) is 6. The summed E-state index contributed by atoms with van der Waals surface area (Å²) < 4.78 is 10.6. The van der Waals surface area contributed by atoms with Gasteiger partial charge in [0.1, 0.15) is 11.6 Å². The molecule has 1 spiro atoms. The quantitative estimate of drug-likeness (QED) is 0.716. The minimum absolute atomic E-state index is 0.157. The maximum atomic E-state index is 13.4. The number of ether oxygens (including phenoxy) is 1. The number of esters is 1. The van der Waals surface area contributed by atoms with Gasteiger partial charge in [0.2, 0.25) is 0 Å². The van der Waals surface area contributed by atoms with Gasteiger partial charge >= 0.3 is 5.97 Å². The Hall–Kier alpha value is -3.62. The van der Waals surface area contributed by atoms with Crippen LogP contribution in [0, 0.1) is 0 Å². The summed E-state index contributed by atoms with van der Waals surface area (Å²) in [6.07, 6.45) is 5.31. The highest BCUT2D eigenvalue weighted by Crippen LogP contribution is 2.45. The van der Waals surface area contributed by atoms with E-state index in [2.05, 4.69) is 5.32 Å². The third-order valence-corrected chi connectivity index (χ3v) is 6.78. The molecule has 1 N–H and O–H groups in total. The number of benzene rings is 1. The number of rotatable bonds is 4. The van der Waals surface area contributed by atoms with Gasteiger partial charge in [-0.05, 0) is 49.9 Å². The van der Waals surface area contributed by atoms with E-state index < -0.39 is 30.1 Å². The summed E-state index contributed by atoms with van der Waals surface area (Å²) in [6, 6.07) is 9.52. The van der Waals surface area contributed by atoms with Gasteiger partial charge in [0.25, 0.3) is 17.7 Å². The monoisotopic (exact) mass is 451 g/mol. The first kappa shape index (κ1) is 21.2. The number of nitrogens with zero attached hydrogens (tertiary/aromatic N) is 2. The number of hydrogen-bond donors (Lipinski definition) is 1. The normalized spacial score (nSPS) is 21.1. The van der Waals surface area contributed by atoms with Crippen molar-refractivity contribution < 1.29 is 28.3 Å². The molecule has 1 saturated heterocycles. The first-order valence-corrected chi connectivity index (χ1v) is 11.3. The lowest BCUT2D eigenvalue weighted by Gasteiger charge is -2.44. The molecule has 33 heavy (non-hydrogen) atoms. The van der Waals surface area contributed by atoms with Crippen LogP contribution in [0.2, 0.25) is 0 Å². The van der Waals surface area contributed by atoms with Crippen molar-refractivity contribution in [1.82, 2.24) is 4.90 Å². The molecule has 2 aliphatic heterocycles. The lowest BCUT2D eigenvalue weighted by molar-refractivity contribution is -0.152. The lowest BCUT2D eigenvalue weighted by atomic mass is 9.90. The van der Waals surface area contributed by atoms with E-state index in [1.54, 1.807) is 30.3 Å². The number of anilines is 2. The molecule has 0 bridgehead atoms. The SMILES string of the molecule is O=C(OCC(=O)N1c2ccccc2NC(=O)C12CCCC2)[C@@H]1CCCN1C(=O)c1ccco1. The summed E-state index contributed by atoms with van der Waals surface area (Å²) in [5.41, 5.74) is 0.202. The Morgan fingerprint density at radius 3 is 2.64 bits per heavy atom. The maximum absolute atomic E-state index is 13.4. The Bertz CT molecular complexity index is 1090. The number of likely N-dealkylation sites (tertiary alicyclic amines) is 1. The van der Waals surface area contributed by atoms with E-state index in [-0.39, 0.29) is 17.6 Å². The molecule has 1 aliphatic carbocycles. The molecule has 1 saturated carbocycles. The summed E-state index contributed by atoms with van der Waals surface area (Å²) in [5.74, 6) is -1.50. The first-order chi connectivity index (χ1) is 16.0. The standard InChI is InChI=1S/C24H25N3O6/c28-20(15-33-22(30)18-9-5-13-26(18)21(29)19-10-6-14-32-19)27-17-8-2-1-7-16(17)25-23(31)24(27)11-3-4-12-24/h1-2,6-8,10,14,18H,3-5,9,11-13,15H2,(H,25,31)/t18-/m0/s1. The van der Waals surface area contributed by atoms with Crippen molar-refractivity contribution in [3.8, 4) is 0 Å². The minimum Gasteiger partial charge on any atom is -0.459 e. The van der Waals surface area contributed by atoms with Gasteiger partial charge < -0.3 is 19.4 Å². The van der Waals surface area contributed by atoms with Crippen LogP contribution >= 0.6 is 0 Å². The van der Waals surface area contributed by atoms with Gasteiger partial charge in [0, 0.05) is 6.54 Å². The zero-order chi connectivity index (χ0) is 23.0. The highest BCUT2D eigenvalue weighted by molar-refractivity contribution is 6.15. The smallest absolute Gasteiger partial charge is 0.329 e. The fourth-order valence-electron chi connectivity index (χ4n) is 5.22. The van der Waals surface area contributed by atoms with Crippen LogP contribution in [0.1, 0.15) is 49.1 Å². The maximum Gasteiger partial charge on any atom is 0.329 e. The summed E-state index contributed by atoms with van der Waals surface area (Å²) in [6.45, 7) is -0.0858. The Kier molecular flexibility index (Phi) is 5.39. The average Bonchev–Trinajstić information content (AvgIpc) is 3.60. The van der Waals surface area contributed by atoms with Gasteiger partial charge in [-0.1, -0.05) is 25.0 Å². The molecule has 0 unspecified atom stereocenters. The van der Waals surface area contributed by atoms with Gasteiger partial charge in [-0.3, -0.25) is 19.3 Å². The van der Waals surface area contributed by atoms with Gasteiger partial charge in [-0.15, -0.1) is 0 Å². The highest BCUT2D eigenvalue weighted by Gasteiger charge is 2.52. The van der Waals surface area contributed by atoms with Gasteiger partial charge in [-0.25, -0.2) is 4.79 Å². The van der Waals surface area contributed by atoms with Crippen LogP contribution in [0.15, 0.2) is 47.1 Å². The van der Waals surface area contributed by atoms with Crippen molar-refractivity contribution in [2.24, 2.45) is 0 Å². The Balaban J connectivity index is 1.32. The lowest BCUT2D eigenvalue weighted by Crippen LogP contribution is -2.61. The fourth-order valence-corrected chi connectivity index (χ4v) is 5.22. The van der Waals surface area contributed by atoms with Crippen molar-refractivity contribution >= 4 is 35.1 Å². The topological polar surface area (TPSA) is 109 Å². The number of furan rings is 1. The molecular formula is C24H25N3O6. The van der Waals surface area contributed by atoms with E-state index in [0.29, 0.717) is 43.6 Å². The molecule has 2 aromatic rings. The van der Waals surface area contributed by atoms with Crippen LogP contribution < -0.4 is 10.2 Å². The van der Waals surface area contributed by atoms with Crippen LogP contribution in [0.3, 0.4) is 0 Å². The van der Waals surface area contributed by atoms with Crippen molar-refractivity contribution in [1.29, 1.82) is 0 Å². The van der Waals surface area contributed by atoms with Gasteiger partial charge in [-0.2, -0.15) is 0 Å². The minimum atomic E-state index is -0.966. The largest absolute Gasteiger partial charge is 0.459 e. The number of carbonyl (C=O) groups excluding carboxylic acids is 4. The molecule has 1 atom stereocenters. The summed E-state index contributed by atoms with van der Waals surface area (Å²) >= 11 is 0. The van der Waals surface area contributed by atoms with Gasteiger partial charge in [0.15, 0.2) is 12.4 Å². The molecule has 1 aromatic heterocycles. The van der Waals surface area contributed by atoms with Crippen LogP contribution in [-0.4, -0.2) is 53.3 Å². The van der Waals surface area contributed by atoms with Crippen molar-refractivity contribution in [2.75, 3.05) is 23.4 Å². The van der Waals surface area contributed by atoms with E-state index in [1.165, 1.54) is 16.1 Å². The highest BCUT2D eigenvalue weighted by atomic mass is 16.5. The number of fused-ring (bicyclic) bond motifs is 1. The Morgan fingerprint density at radius 2 is 1.88 bits per heavy atom. The summed E-state index contributed by atoms with van der Waals surface area (Å²) in [4.78, 5) is 54.8. The fraction of sp³-hybridized carbons (Fsp3) is 0.417. The van der Waals surface area contributed by atoms with E-state index in [9.17, 15) is 19.2 Å². The summed E-state index contributed by atoms with van der Waals surface area (Å²) in [5, 5.41) is 2.93. The zero-order valence-corrected chi connectivity index (χ0v) is 18.1. The second kappa shape index (κ2) is 8.38. The van der Waals surface area contributed by atoms with Gasteiger partial charge in [0.05, 0.1) is 17.6 Å². The molecular weight excluding hydrogens is 426 g/mol. The third kappa shape index (κ3) is 3.57. The van der Waals surface area contributed by atoms with E-state index >= 15 is 0 Å². The van der Waals surface area contributed by atoms with Crippen molar-refractivity contribution in [3.63, 3.8) is 0 Å². The van der Waals surface area contributed by atoms with Crippen LogP contribution in [-0.2, 0) is 19.1 Å². The predicted molar refractivity (Wildman–Crippen MR) is 117 cm³/mol. The molecule has 3 aliphatic rings. The average molecular weight is 451 g/mol. The number of para-hydroxylation sites is 2. The summed E-state index contributed by atoms with van der Waals surface area (Å²) in [7, 11) is 0. The Labute approximate surface area is 190 Å². The van der Waals surface area contributed by atoms with Crippen molar-refractivity contribution in [3.05, 3.63) is 48.4 Å². The molecule has 9 nitrogen and oxygen atoms in total. The predicted octanol–water partition coefficient (Wildman–Crippen LogP) is 2.73. The number of amides is 3. The molecule has 3 amide bonds. The molecule has 0 radical (unpaired) electrons. The molecule has 172 valence electrons. The van der Waals surface area contributed by atoms with Crippen LogP contribution in [0.25, 0.3) is 0 Å². The van der Waals surface area contributed by atoms with E-state index in [0.717, 1.165) is 12.8 Å². The van der Waals surface area contributed by atoms with Crippen LogP contribution in [0.4, 0.5) is 11.4 Å². The molecule has 3 heterocycles. The van der Waals surface area contributed by atoms with Crippen molar-refractivity contribution in [2.45, 2.75) is 50.1 Å². The second-order valence-electron chi connectivity index (χ2n) is 8.68. The molecule has 9 heteroatoms.